The van der Waals surface area contributed by atoms with Crippen LogP contribution in [-0.2, 0) is 14.9 Å². The number of pyridine rings is 1. The van der Waals surface area contributed by atoms with E-state index in [4.69, 9.17) is 16.4 Å². The summed E-state index contributed by atoms with van der Waals surface area (Å²) in [5, 5.41) is 12.7. The van der Waals surface area contributed by atoms with Gasteiger partial charge in [0.05, 0.1) is 22.0 Å². The number of benzene rings is 2. The van der Waals surface area contributed by atoms with Gasteiger partial charge in [0.15, 0.2) is 0 Å². The number of hydrogen-bond donors (Lipinski definition) is 1. The zero-order valence-electron chi connectivity index (χ0n) is 19.0. The molecule has 0 amide bonds. The van der Waals surface area contributed by atoms with Gasteiger partial charge in [-0.2, -0.15) is 0 Å². The Balaban J connectivity index is 1.64. The lowest BCUT2D eigenvalue weighted by atomic mass is 10.1. The summed E-state index contributed by atoms with van der Waals surface area (Å²) >= 11 is 6.20. The Kier molecular flexibility index (Phi) is 6.28. The molecule has 34 heavy (non-hydrogen) atoms. The molecule has 4 aromatic rings. The normalized spacial score (nSPS) is 12.7. The van der Waals surface area contributed by atoms with E-state index in [0.29, 0.717) is 33.3 Å². The van der Waals surface area contributed by atoms with E-state index >= 15 is 0 Å². The van der Waals surface area contributed by atoms with Crippen molar-refractivity contribution in [1.82, 2.24) is 20.0 Å². The Hall–Kier alpha value is -3.50. The standard InChI is InChI=1S/C23H23ClN6O3S/c1-15(27-33-23(2,3)4)16-7-10-18(11-8-16)34(31,32)28-19-12-9-17(24)14-21(19)30-20-6-5-13-25-22(20)26-29-30/h5-14,28H,1-4H3/b27-15-. The maximum atomic E-state index is 13.2. The van der Waals surface area contributed by atoms with E-state index < -0.39 is 15.6 Å². The molecular weight excluding hydrogens is 476 g/mol. The summed E-state index contributed by atoms with van der Waals surface area (Å²) in [5.41, 5.74) is 2.72. The first-order valence-corrected chi connectivity index (χ1v) is 12.2. The quantitative estimate of drug-likeness (QED) is 0.301. The van der Waals surface area contributed by atoms with Crippen LogP contribution in [0.3, 0.4) is 0 Å². The second-order valence-corrected chi connectivity index (χ2v) is 10.6. The van der Waals surface area contributed by atoms with Gasteiger partial charge in [0.1, 0.15) is 11.1 Å². The maximum Gasteiger partial charge on any atom is 0.261 e. The lowest BCUT2D eigenvalue weighted by Gasteiger charge is -2.16. The van der Waals surface area contributed by atoms with E-state index in [1.165, 1.54) is 16.8 Å². The molecule has 2 aromatic heterocycles. The van der Waals surface area contributed by atoms with Crippen LogP contribution in [0.25, 0.3) is 16.9 Å². The minimum atomic E-state index is -3.91. The van der Waals surface area contributed by atoms with Crippen LogP contribution in [0.1, 0.15) is 33.3 Å². The summed E-state index contributed by atoms with van der Waals surface area (Å²) in [6.45, 7) is 7.49. The topological polar surface area (TPSA) is 111 Å². The summed E-state index contributed by atoms with van der Waals surface area (Å²) in [6.07, 6.45) is 1.61. The van der Waals surface area contributed by atoms with Gasteiger partial charge in [-0.15, -0.1) is 5.10 Å². The SMILES string of the molecule is C/C(=N/OC(C)(C)C)c1ccc(S(=O)(=O)Nc2ccc(Cl)cc2-n2nnc3ncccc32)cc1. The molecule has 0 spiro atoms. The van der Waals surface area contributed by atoms with Crippen molar-refractivity contribution in [3.05, 3.63) is 71.4 Å². The first-order chi connectivity index (χ1) is 16.0. The third-order valence-electron chi connectivity index (χ3n) is 4.69. The number of sulfonamides is 1. The van der Waals surface area contributed by atoms with Gasteiger partial charge in [0, 0.05) is 11.2 Å². The number of oxime groups is 1. The lowest BCUT2D eigenvalue weighted by Crippen LogP contribution is -2.17. The highest BCUT2D eigenvalue weighted by Crippen LogP contribution is 2.28. The first kappa shape index (κ1) is 23.7. The largest absolute Gasteiger partial charge is 0.390 e. The average molecular weight is 499 g/mol. The molecule has 11 heteroatoms. The van der Waals surface area contributed by atoms with Crippen molar-refractivity contribution >= 4 is 44.2 Å². The molecule has 9 nitrogen and oxygen atoms in total. The van der Waals surface area contributed by atoms with E-state index in [1.807, 2.05) is 20.8 Å². The zero-order chi connectivity index (χ0) is 24.5. The molecule has 4 rings (SSSR count). The molecule has 1 N–H and O–H groups in total. The number of aromatic nitrogens is 4. The molecule has 0 saturated carbocycles. The lowest BCUT2D eigenvalue weighted by molar-refractivity contribution is 0.000954. The smallest absolute Gasteiger partial charge is 0.261 e. The van der Waals surface area contributed by atoms with Crippen molar-refractivity contribution < 1.29 is 13.3 Å². The Bertz CT molecular complexity index is 1470. The Morgan fingerprint density at radius 2 is 1.85 bits per heavy atom. The molecule has 0 aliphatic rings. The van der Waals surface area contributed by atoms with Crippen LogP contribution in [-0.4, -0.2) is 39.7 Å². The summed E-state index contributed by atoms with van der Waals surface area (Å²) < 4.78 is 30.4. The Morgan fingerprint density at radius 3 is 2.56 bits per heavy atom. The minimum absolute atomic E-state index is 0.0896. The molecular formula is C23H23ClN6O3S. The van der Waals surface area contributed by atoms with Gasteiger partial charge < -0.3 is 4.84 Å². The van der Waals surface area contributed by atoms with Gasteiger partial charge in [-0.1, -0.05) is 34.1 Å². The number of anilines is 1. The van der Waals surface area contributed by atoms with Crippen LogP contribution < -0.4 is 4.72 Å². The molecule has 0 bridgehead atoms. The summed E-state index contributed by atoms with van der Waals surface area (Å²) in [7, 11) is -3.91. The molecule has 2 aromatic carbocycles. The minimum Gasteiger partial charge on any atom is -0.390 e. The van der Waals surface area contributed by atoms with E-state index in [0.717, 1.165) is 5.56 Å². The molecule has 0 fully saturated rings. The summed E-state index contributed by atoms with van der Waals surface area (Å²) in [6, 6.07) is 14.7. The molecule has 176 valence electrons. The summed E-state index contributed by atoms with van der Waals surface area (Å²) in [5.74, 6) is 0. The van der Waals surface area contributed by atoms with Crippen molar-refractivity contribution in [3.63, 3.8) is 0 Å². The number of nitrogens with zero attached hydrogens (tertiary/aromatic N) is 5. The highest BCUT2D eigenvalue weighted by Gasteiger charge is 2.19. The molecule has 2 heterocycles. The maximum absolute atomic E-state index is 13.2. The van der Waals surface area contributed by atoms with Crippen molar-refractivity contribution in [2.75, 3.05) is 4.72 Å². The molecule has 0 saturated heterocycles. The van der Waals surface area contributed by atoms with Crippen LogP contribution in [0.2, 0.25) is 5.02 Å². The molecule has 0 radical (unpaired) electrons. The predicted molar refractivity (Wildman–Crippen MR) is 132 cm³/mol. The fourth-order valence-electron chi connectivity index (χ4n) is 3.05. The van der Waals surface area contributed by atoms with Gasteiger partial charge in [-0.3, -0.25) is 4.72 Å². The van der Waals surface area contributed by atoms with Crippen molar-refractivity contribution in [2.45, 2.75) is 38.2 Å². The zero-order valence-corrected chi connectivity index (χ0v) is 20.6. The Morgan fingerprint density at radius 1 is 1.12 bits per heavy atom. The van der Waals surface area contributed by atoms with Crippen LogP contribution >= 0.6 is 11.6 Å². The van der Waals surface area contributed by atoms with Crippen LogP contribution in [0, 0.1) is 0 Å². The number of hydrogen-bond acceptors (Lipinski definition) is 7. The first-order valence-electron chi connectivity index (χ1n) is 10.4. The van der Waals surface area contributed by atoms with Crippen LogP contribution in [0.15, 0.2) is 70.8 Å². The highest BCUT2D eigenvalue weighted by molar-refractivity contribution is 7.92. The average Bonchev–Trinajstić information content (AvgIpc) is 3.22. The number of nitrogens with one attached hydrogen (secondary N) is 1. The second-order valence-electron chi connectivity index (χ2n) is 8.52. The van der Waals surface area contributed by atoms with Crippen molar-refractivity contribution in [3.8, 4) is 5.69 Å². The molecule has 0 unspecified atom stereocenters. The van der Waals surface area contributed by atoms with Crippen molar-refractivity contribution in [1.29, 1.82) is 0 Å². The fourth-order valence-corrected chi connectivity index (χ4v) is 4.29. The van der Waals surface area contributed by atoms with Gasteiger partial charge in [-0.05, 0) is 75.7 Å². The number of halogens is 1. The van der Waals surface area contributed by atoms with Gasteiger partial charge in [0.2, 0.25) is 5.65 Å². The number of fused-ring (bicyclic) bond motifs is 1. The van der Waals surface area contributed by atoms with E-state index in [2.05, 4.69) is 25.2 Å². The van der Waals surface area contributed by atoms with E-state index in [1.54, 1.807) is 55.6 Å². The highest BCUT2D eigenvalue weighted by atomic mass is 35.5. The van der Waals surface area contributed by atoms with Gasteiger partial charge in [0.25, 0.3) is 10.0 Å². The molecule has 0 aliphatic carbocycles. The molecule has 0 atom stereocenters. The Labute approximate surface area is 202 Å². The van der Waals surface area contributed by atoms with Gasteiger partial charge >= 0.3 is 0 Å². The fraction of sp³-hybridized carbons (Fsp3) is 0.217. The third kappa shape index (κ3) is 5.18. The summed E-state index contributed by atoms with van der Waals surface area (Å²) in [4.78, 5) is 9.70. The predicted octanol–water partition coefficient (Wildman–Crippen LogP) is 4.81. The van der Waals surface area contributed by atoms with E-state index in [9.17, 15) is 8.42 Å². The monoisotopic (exact) mass is 498 g/mol. The van der Waals surface area contributed by atoms with Gasteiger partial charge in [-0.25, -0.2) is 18.1 Å². The number of rotatable bonds is 6. The third-order valence-corrected chi connectivity index (χ3v) is 6.31. The van der Waals surface area contributed by atoms with Crippen LogP contribution in [0.4, 0.5) is 5.69 Å². The van der Waals surface area contributed by atoms with Crippen LogP contribution in [0.5, 0.6) is 0 Å². The second kappa shape index (κ2) is 9.03. The van der Waals surface area contributed by atoms with E-state index in [-0.39, 0.29) is 4.90 Å². The molecule has 0 aliphatic heterocycles. The van der Waals surface area contributed by atoms with Crippen molar-refractivity contribution in [2.24, 2.45) is 5.16 Å².